The maximum Gasteiger partial charge on any atom is 0.269 e. The van der Waals surface area contributed by atoms with Gasteiger partial charge in [0.05, 0.1) is 4.92 Å². The second-order valence-corrected chi connectivity index (χ2v) is 5.37. The van der Waals surface area contributed by atoms with Crippen molar-refractivity contribution in [1.82, 2.24) is 4.90 Å². The molecule has 5 heteroatoms. The van der Waals surface area contributed by atoms with Gasteiger partial charge in [0.1, 0.15) is 0 Å². The van der Waals surface area contributed by atoms with Crippen molar-refractivity contribution in [3.8, 4) is 0 Å². The van der Waals surface area contributed by atoms with Crippen LogP contribution in [0.15, 0.2) is 18.2 Å². The van der Waals surface area contributed by atoms with E-state index in [1.165, 1.54) is 12.1 Å². The number of benzene rings is 1. The lowest BCUT2D eigenvalue weighted by Gasteiger charge is -2.29. The molecule has 1 atom stereocenters. The summed E-state index contributed by atoms with van der Waals surface area (Å²) in [5.74, 6) is -0.0369. The molecule has 1 amide bonds. The topological polar surface area (TPSA) is 63.5 Å². The second-order valence-electron chi connectivity index (χ2n) is 5.37. The first kappa shape index (κ1) is 17.1. The SMILES string of the molecule is CCCCN(C(=O)c1ccc([N+](=O)[O-])cc1C)C(C)CC. The minimum Gasteiger partial charge on any atom is -0.336 e. The number of non-ortho nitro benzene ring substituents is 1. The minimum atomic E-state index is -0.440. The quantitative estimate of drug-likeness (QED) is 0.564. The normalized spacial score (nSPS) is 12.0. The maximum absolute atomic E-state index is 12.7. The van der Waals surface area contributed by atoms with Crippen LogP contribution in [0.4, 0.5) is 5.69 Å². The molecule has 0 spiro atoms. The zero-order chi connectivity index (χ0) is 16.0. The fraction of sp³-hybridized carbons (Fsp3) is 0.562. The van der Waals surface area contributed by atoms with E-state index in [2.05, 4.69) is 13.8 Å². The van der Waals surface area contributed by atoms with Crippen molar-refractivity contribution >= 4 is 11.6 Å². The molecule has 0 radical (unpaired) electrons. The molecular weight excluding hydrogens is 268 g/mol. The average molecular weight is 292 g/mol. The van der Waals surface area contributed by atoms with Crippen LogP contribution in [0.5, 0.6) is 0 Å². The van der Waals surface area contributed by atoms with E-state index >= 15 is 0 Å². The molecular formula is C16H24N2O3. The van der Waals surface area contributed by atoms with Crippen LogP contribution >= 0.6 is 0 Å². The van der Waals surface area contributed by atoms with E-state index in [1.807, 2.05) is 11.8 Å². The van der Waals surface area contributed by atoms with Gasteiger partial charge in [0.25, 0.3) is 11.6 Å². The monoisotopic (exact) mass is 292 g/mol. The van der Waals surface area contributed by atoms with Crippen molar-refractivity contribution in [3.63, 3.8) is 0 Å². The zero-order valence-electron chi connectivity index (χ0n) is 13.3. The Labute approximate surface area is 126 Å². The Kier molecular flexibility index (Phi) is 6.34. The van der Waals surface area contributed by atoms with Gasteiger partial charge in [0.2, 0.25) is 0 Å². The Morgan fingerprint density at radius 3 is 2.52 bits per heavy atom. The number of hydrogen-bond donors (Lipinski definition) is 0. The Morgan fingerprint density at radius 1 is 1.38 bits per heavy atom. The fourth-order valence-electron chi connectivity index (χ4n) is 2.23. The van der Waals surface area contributed by atoms with Crippen LogP contribution < -0.4 is 0 Å². The van der Waals surface area contributed by atoms with Crippen LogP contribution in [0, 0.1) is 17.0 Å². The number of nitro groups is 1. The van der Waals surface area contributed by atoms with Crippen LogP contribution in [0.1, 0.15) is 56.0 Å². The molecule has 1 aromatic rings. The number of rotatable bonds is 7. The molecule has 1 unspecified atom stereocenters. The van der Waals surface area contributed by atoms with Gasteiger partial charge in [0, 0.05) is 30.3 Å². The summed E-state index contributed by atoms with van der Waals surface area (Å²) in [4.78, 5) is 24.9. The molecule has 5 nitrogen and oxygen atoms in total. The smallest absolute Gasteiger partial charge is 0.269 e. The zero-order valence-corrected chi connectivity index (χ0v) is 13.3. The molecule has 0 N–H and O–H groups in total. The van der Waals surface area contributed by atoms with Gasteiger partial charge in [-0.05, 0) is 38.3 Å². The predicted molar refractivity (Wildman–Crippen MR) is 83.5 cm³/mol. The number of nitro benzene ring substituents is 1. The van der Waals surface area contributed by atoms with Crippen molar-refractivity contribution < 1.29 is 9.72 Å². The summed E-state index contributed by atoms with van der Waals surface area (Å²) < 4.78 is 0. The van der Waals surface area contributed by atoms with Gasteiger partial charge in [-0.1, -0.05) is 20.3 Å². The van der Waals surface area contributed by atoms with Gasteiger partial charge in [-0.3, -0.25) is 14.9 Å². The van der Waals surface area contributed by atoms with Crippen molar-refractivity contribution in [1.29, 1.82) is 0 Å². The highest BCUT2D eigenvalue weighted by Crippen LogP contribution is 2.20. The van der Waals surface area contributed by atoms with Crippen molar-refractivity contribution in [3.05, 3.63) is 39.4 Å². The lowest BCUT2D eigenvalue weighted by atomic mass is 10.0. The number of aryl methyl sites for hydroxylation is 1. The minimum absolute atomic E-state index is 0.0210. The third-order valence-corrected chi connectivity index (χ3v) is 3.79. The Balaban J connectivity index is 3.05. The Bertz CT molecular complexity index is 514. The summed E-state index contributed by atoms with van der Waals surface area (Å²) in [5, 5.41) is 10.8. The fourth-order valence-corrected chi connectivity index (χ4v) is 2.23. The van der Waals surface area contributed by atoms with E-state index in [-0.39, 0.29) is 17.6 Å². The number of hydrogen-bond acceptors (Lipinski definition) is 3. The van der Waals surface area contributed by atoms with Gasteiger partial charge in [-0.25, -0.2) is 0 Å². The summed E-state index contributed by atoms with van der Waals surface area (Å²) >= 11 is 0. The van der Waals surface area contributed by atoms with Crippen molar-refractivity contribution in [2.45, 2.75) is 53.0 Å². The molecule has 0 aliphatic rings. The molecule has 0 saturated heterocycles. The highest BCUT2D eigenvalue weighted by atomic mass is 16.6. The highest BCUT2D eigenvalue weighted by molar-refractivity contribution is 5.96. The first-order valence-electron chi connectivity index (χ1n) is 7.48. The summed E-state index contributed by atoms with van der Waals surface area (Å²) in [6.07, 6.45) is 2.88. The molecule has 21 heavy (non-hydrogen) atoms. The van der Waals surface area contributed by atoms with E-state index in [0.29, 0.717) is 11.1 Å². The Morgan fingerprint density at radius 2 is 2.05 bits per heavy atom. The van der Waals surface area contributed by atoms with E-state index in [1.54, 1.807) is 13.0 Å². The van der Waals surface area contributed by atoms with Gasteiger partial charge in [-0.15, -0.1) is 0 Å². The summed E-state index contributed by atoms with van der Waals surface area (Å²) in [7, 11) is 0. The second kappa shape index (κ2) is 7.76. The Hall–Kier alpha value is -1.91. The lowest BCUT2D eigenvalue weighted by molar-refractivity contribution is -0.384. The largest absolute Gasteiger partial charge is 0.336 e. The molecule has 0 aromatic heterocycles. The molecule has 0 aliphatic carbocycles. The molecule has 0 saturated carbocycles. The van der Waals surface area contributed by atoms with Gasteiger partial charge >= 0.3 is 0 Å². The number of nitrogens with zero attached hydrogens (tertiary/aromatic N) is 2. The molecule has 0 bridgehead atoms. The summed E-state index contributed by atoms with van der Waals surface area (Å²) in [5.41, 5.74) is 1.23. The third-order valence-electron chi connectivity index (χ3n) is 3.79. The van der Waals surface area contributed by atoms with E-state index in [9.17, 15) is 14.9 Å². The number of carbonyl (C=O) groups is 1. The molecule has 1 rings (SSSR count). The lowest BCUT2D eigenvalue weighted by Crippen LogP contribution is -2.39. The molecule has 116 valence electrons. The van der Waals surface area contributed by atoms with E-state index in [0.717, 1.165) is 25.8 Å². The molecule has 0 heterocycles. The standard InChI is InChI=1S/C16H24N2O3/c1-5-7-10-17(13(4)6-2)16(19)15-9-8-14(18(20)21)11-12(15)3/h8-9,11,13H,5-7,10H2,1-4H3. The summed E-state index contributed by atoms with van der Waals surface area (Å²) in [6, 6.07) is 4.59. The van der Waals surface area contributed by atoms with Crippen LogP contribution in [0.2, 0.25) is 0 Å². The molecule has 0 aliphatic heterocycles. The number of carbonyl (C=O) groups excluding carboxylic acids is 1. The van der Waals surface area contributed by atoms with E-state index < -0.39 is 4.92 Å². The predicted octanol–water partition coefficient (Wildman–Crippen LogP) is 3.94. The number of unbranched alkanes of at least 4 members (excludes halogenated alkanes) is 1. The van der Waals surface area contributed by atoms with Crippen molar-refractivity contribution in [2.24, 2.45) is 0 Å². The van der Waals surface area contributed by atoms with E-state index in [4.69, 9.17) is 0 Å². The third kappa shape index (κ3) is 4.28. The number of amides is 1. The van der Waals surface area contributed by atoms with Gasteiger partial charge < -0.3 is 4.90 Å². The van der Waals surface area contributed by atoms with Crippen LogP contribution in [-0.2, 0) is 0 Å². The van der Waals surface area contributed by atoms with Gasteiger partial charge in [0.15, 0.2) is 0 Å². The first-order chi connectivity index (χ1) is 9.92. The van der Waals surface area contributed by atoms with Gasteiger partial charge in [-0.2, -0.15) is 0 Å². The first-order valence-corrected chi connectivity index (χ1v) is 7.48. The van der Waals surface area contributed by atoms with Crippen LogP contribution in [0.25, 0.3) is 0 Å². The van der Waals surface area contributed by atoms with Crippen molar-refractivity contribution in [2.75, 3.05) is 6.54 Å². The van der Waals surface area contributed by atoms with Crippen LogP contribution in [0.3, 0.4) is 0 Å². The molecule has 0 fully saturated rings. The highest BCUT2D eigenvalue weighted by Gasteiger charge is 2.22. The molecule has 1 aromatic carbocycles. The summed E-state index contributed by atoms with van der Waals surface area (Å²) in [6.45, 7) is 8.65. The van der Waals surface area contributed by atoms with Crippen LogP contribution in [-0.4, -0.2) is 28.3 Å². The maximum atomic E-state index is 12.7. The average Bonchev–Trinajstić information content (AvgIpc) is 2.46.